The van der Waals surface area contributed by atoms with E-state index >= 15 is 0 Å². The molecule has 0 aromatic heterocycles. The lowest BCUT2D eigenvalue weighted by Gasteiger charge is -2.28. The van der Waals surface area contributed by atoms with Crippen LogP contribution in [0, 0.1) is 0 Å². The van der Waals surface area contributed by atoms with Gasteiger partial charge in [-0.15, -0.1) is 0 Å². The lowest BCUT2D eigenvalue weighted by atomic mass is 10.1. The first-order chi connectivity index (χ1) is 12.7. The Balaban J connectivity index is 1.46. The number of hydrogen-bond acceptors (Lipinski definition) is 4. The molecule has 1 fully saturated rings. The fourth-order valence-electron chi connectivity index (χ4n) is 3.13. The standard InChI is InChI=1S/C21H27N3O2/c1-2-26-20-12-8-17(9-13-20)22-16-21(25)23-18-6-10-19(11-7-18)24-14-4-3-5-15-24/h6-13,22H,2-5,14-16H2,1H3,(H,23,25). The summed E-state index contributed by atoms with van der Waals surface area (Å²) in [5.74, 6) is 0.765. The Morgan fingerprint density at radius 1 is 0.962 bits per heavy atom. The van der Waals surface area contributed by atoms with Gasteiger partial charge in [-0.3, -0.25) is 4.79 Å². The second-order valence-electron chi connectivity index (χ2n) is 6.45. The Bertz CT molecular complexity index is 692. The Morgan fingerprint density at radius 2 is 1.62 bits per heavy atom. The second kappa shape index (κ2) is 9.13. The summed E-state index contributed by atoms with van der Waals surface area (Å²) >= 11 is 0. The average Bonchev–Trinajstić information content (AvgIpc) is 2.69. The van der Waals surface area contributed by atoms with Gasteiger partial charge >= 0.3 is 0 Å². The van der Waals surface area contributed by atoms with Crippen LogP contribution in [0.4, 0.5) is 17.1 Å². The summed E-state index contributed by atoms with van der Waals surface area (Å²) in [6.45, 7) is 5.07. The minimum atomic E-state index is -0.0652. The lowest BCUT2D eigenvalue weighted by Crippen LogP contribution is -2.29. The van der Waals surface area contributed by atoms with Gasteiger partial charge in [0.2, 0.25) is 5.91 Å². The van der Waals surface area contributed by atoms with Gasteiger partial charge in [0, 0.05) is 30.2 Å². The van der Waals surface area contributed by atoms with E-state index in [0.29, 0.717) is 6.61 Å². The Hall–Kier alpha value is -2.69. The van der Waals surface area contributed by atoms with Gasteiger partial charge in [0.25, 0.3) is 0 Å². The van der Waals surface area contributed by atoms with E-state index in [9.17, 15) is 4.79 Å². The summed E-state index contributed by atoms with van der Waals surface area (Å²) in [5.41, 5.74) is 2.95. The minimum Gasteiger partial charge on any atom is -0.494 e. The number of carbonyl (C=O) groups is 1. The molecule has 1 heterocycles. The zero-order chi connectivity index (χ0) is 18.2. The molecule has 1 amide bonds. The molecule has 0 atom stereocenters. The van der Waals surface area contributed by atoms with E-state index in [1.165, 1.54) is 24.9 Å². The van der Waals surface area contributed by atoms with Gasteiger partial charge in [-0.05, 0) is 74.7 Å². The zero-order valence-electron chi connectivity index (χ0n) is 15.3. The quantitative estimate of drug-likeness (QED) is 0.786. The summed E-state index contributed by atoms with van der Waals surface area (Å²) < 4.78 is 5.41. The van der Waals surface area contributed by atoms with E-state index in [4.69, 9.17) is 4.74 Å². The number of hydrogen-bond donors (Lipinski definition) is 2. The number of nitrogens with zero attached hydrogens (tertiary/aromatic N) is 1. The van der Waals surface area contributed by atoms with Gasteiger partial charge in [0.15, 0.2) is 0 Å². The van der Waals surface area contributed by atoms with Crippen LogP contribution in [0.5, 0.6) is 5.75 Å². The molecule has 0 radical (unpaired) electrons. The highest BCUT2D eigenvalue weighted by Crippen LogP contribution is 2.22. The number of anilines is 3. The van der Waals surface area contributed by atoms with Crippen molar-refractivity contribution in [3.63, 3.8) is 0 Å². The first-order valence-corrected chi connectivity index (χ1v) is 9.36. The van der Waals surface area contributed by atoms with Gasteiger partial charge in [-0.2, -0.15) is 0 Å². The monoisotopic (exact) mass is 353 g/mol. The van der Waals surface area contributed by atoms with Gasteiger partial charge in [-0.25, -0.2) is 0 Å². The Morgan fingerprint density at radius 3 is 2.27 bits per heavy atom. The van der Waals surface area contributed by atoms with Crippen molar-refractivity contribution in [3.8, 4) is 5.75 Å². The molecular formula is C21H27N3O2. The molecule has 26 heavy (non-hydrogen) atoms. The average molecular weight is 353 g/mol. The van der Waals surface area contributed by atoms with E-state index in [0.717, 1.165) is 30.2 Å². The van der Waals surface area contributed by atoms with Crippen molar-refractivity contribution in [2.45, 2.75) is 26.2 Å². The topological polar surface area (TPSA) is 53.6 Å². The predicted molar refractivity (Wildman–Crippen MR) is 107 cm³/mol. The summed E-state index contributed by atoms with van der Waals surface area (Å²) in [5, 5.41) is 6.05. The number of carbonyl (C=O) groups excluding carboxylic acids is 1. The van der Waals surface area contributed by atoms with Gasteiger partial charge in [0.1, 0.15) is 5.75 Å². The highest BCUT2D eigenvalue weighted by Gasteiger charge is 2.11. The van der Waals surface area contributed by atoms with E-state index in [2.05, 4.69) is 27.7 Å². The fraction of sp³-hybridized carbons (Fsp3) is 0.381. The third-order valence-corrected chi connectivity index (χ3v) is 4.49. The molecule has 0 spiro atoms. The molecule has 0 aliphatic carbocycles. The predicted octanol–water partition coefficient (Wildman–Crippen LogP) is 4.13. The van der Waals surface area contributed by atoms with Crippen molar-refractivity contribution in [2.24, 2.45) is 0 Å². The highest BCUT2D eigenvalue weighted by atomic mass is 16.5. The molecule has 5 nitrogen and oxygen atoms in total. The first kappa shape index (κ1) is 18.1. The Kier molecular flexibility index (Phi) is 6.36. The molecule has 0 unspecified atom stereocenters. The Labute approximate surface area is 155 Å². The molecular weight excluding hydrogens is 326 g/mol. The van der Waals surface area contributed by atoms with E-state index < -0.39 is 0 Å². The summed E-state index contributed by atoms with van der Waals surface area (Å²) in [7, 11) is 0. The van der Waals surface area contributed by atoms with E-state index in [-0.39, 0.29) is 12.5 Å². The molecule has 1 saturated heterocycles. The van der Waals surface area contributed by atoms with Crippen molar-refractivity contribution in [3.05, 3.63) is 48.5 Å². The molecule has 138 valence electrons. The maximum absolute atomic E-state index is 12.1. The zero-order valence-corrected chi connectivity index (χ0v) is 15.3. The van der Waals surface area contributed by atoms with Crippen LogP contribution in [-0.2, 0) is 4.79 Å². The smallest absolute Gasteiger partial charge is 0.243 e. The number of benzene rings is 2. The first-order valence-electron chi connectivity index (χ1n) is 9.36. The van der Waals surface area contributed by atoms with Gasteiger partial charge in [-0.1, -0.05) is 0 Å². The van der Waals surface area contributed by atoms with Crippen molar-refractivity contribution in [2.75, 3.05) is 41.8 Å². The van der Waals surface area contributed by atoms with Crippen LogP contribution in [-0.4, -0.2) is 32.1 Å². The largest absolute Gasteiger partial charge is 0.494 e. The molecule has 5 heteroatoms. The number of piperidine rings is 1. The maximum Gasteiger partial charge on any atom is 0.243 e. The summed E-state index contributed by atoms with van der Waals surface area (Å²) in [6.07, 6.45) is 3.84. The van der Waals surface area contributed by atoms with Crippen molar-refractivity contribution < 1.29 is 9.53 Å². The third kappa shape index (κ3) is 5.15. The number of amides is 1. The van der Waals surface area contributed by atoms with Crippen LogP contribution < -0.4 is 20.3 Å². The van der Waals surface area contributed by atoms with Crippen molar-refractivity contribution in [1.29, 1.82) is 0 Å². The van der Waals surface area contributed by atoms with Crippen molar-refractivity contribution in [1.82, 2.24) is 0 Å². The third-order valence-electron chi connectivity index (χ3n) is 4.49. The molecule has 2 aromatic carbocycles. The van der Waals surface area contributed by atoms with Crippen LogP contribution in [0.15, 0.2) is 48.5 Å². The normalized spacial score (nSPS) is 14.0. The van der Waals surface area contributed by atoms with Crippen molar-refractivity contribution >= 4 is 23.0 Å². The summed E-state index contributed by atoms with van der Waals surface area (Å²) in [6, 6.07) is 15.7. The van der Waals surface area contributed by atoms with Gasteiger partial charge < -0.3 is 20.3 Å². The van der Waals surface area contributed by atoms with Gasteiger partial charge in [0.05, 0.1) is 13.2 Å². The molecule has 0 saturated carbocycles. The molecule has 3 rings (SSSR count). The van der Waals surface area contributed by atoms with Crippen LogP contribution in [0.2, 0.25) is 0 Å². The minimum absolute atomic E-state index is 0.0652. The van der Waals surface area contributed by atoms with Crippen LogP contribution in [0.1, 0.15) is 26.2 Å². The second-order valence-corrected chi connectivity index (χ2v) is 6.45. The number of nitrogens with one attached hydrogen (secondary N) is 2. The fourth-order valence-corrected chi connectivity index (χ4v) is 3.13. The molecule has 0 bridgehead atoms. The molecule has 2 aromatic rings. The van der Waals surface area contributed by atoms with Crippen LogP contribution in [0.3, 0.4) is 0 Å². The lowest BCUT2D eigenvalue weighted by molar-refractivity contribution is -0.114. The number of rotatable bonds is 7. The molecule has 1 aliphatic heterocycles. The molecule has 2 N–H and O–H groups in total. The highest BCUT2D eigenvalue weighted by molar-refractivity contribution is 5.93. The van der Waals surface area contributed by atoms with E-state index in [1.807, 2.05) is 43.3 Å². The summed E-state index contributed by atoms with van der Waals surface area (Å²) in [4.78, 5) is 14.5. The maximum atomic E-state index is 12.1. The molecule has 1 aliphatic rings. The van der Waals surface area contributed by atoms with Crippen LogP contribution in [0.25, 0.3) is 0 Å². The van der Waals surface area contributed by atoms with Crippen LogP contribution >= 0.6 is 0 Å². The SMILES string of the molecule is CCOc1ccc(NCC(=O)Nc2ccc(N3CCCCC3)cc2)cc1. The number of ether oxygens (including phenoxy) is 1. The van der Waals surface area contributed by atoms with E-state index in [1.54, 1.807) is 0 Å².